The molecule has 5 heteroatoms. The lowest BCUT2D eigenvalue weighted by Gasteiger charge is -2.08. The third-order valence-electron chi connectivity index (χ3n) is 2.13. The molecular weight excluding hydrogens is 277 g/mol. The Hall–Kier alpha value is -0.870. The first-order chi connectivity index (χ1) is 7.09. The Bertz CT molecular complexity index is 488. The standard InChI is InChI=1S/C10H9BrClN3/c1-6-3-4-8(11)9(5-6)15-7(2)13-14-10(15)12/h3-5H,1-2H3. The van der Waals surface area contributed by atoms with Crippen molar-refractivity contribution in [2.45, 2.75) is 13.8 Å². The van der Waals surface area contributed by atoms with Gasteiger partial charge >= 0.3 is 0 Å². The smallest absolute Gasteiger partial charge is 0.229 e. The Balaban J connectivity index is 2.68. The fourth-order valence-corrected chi connectivity index (χ4v) is 2.08. The summed E-state index contributed by atoms with van der Waals surface area (Å²) in [5.41, 5.74) is 2.12. The van der Waals surface area contributed by atoms with E-state index in [9.17, 15) is 0 Å². The molecule has 0 saturated carbocycles. The van der Waals surface area contributed by atoms with Crippen molar-refractivity contribution in [1.29, 1.82) is 0 Å². The number of nitrogens with zero attached hydrogens (tertiary/aromatic N) is 3. The van der Waals surface area contributed by atoms with Crippen LogP contribution in [0.5, 0.6) is 0 Å². The van der Waals surface area contributed by atoms with Crippen LogP contribution in [0.4, 0.5) is 0 Å². The lowest BCUT2D eigenvalue weighted by Crippen LogP contribution is -1.98. The first kappa shape index (κ1) is 10.6. The normalized spacial score (nSPS) is 10.7. The highest BCUT2D eigenvalue weighted by Gasteiger charge is 2.11. The molecule has 2 rings (SSSR count). The van der Waals surface area contributed by atoms with Gasteiger partial charge in [0.15, 0.2) is 0 Å². The highest BCUT2D eigenvalue weighted by Crippen LogP contribution is 2.25. The van der Waals surface area contributed by atoms with Crippen molar-refractivity contribution in [2.75, 3.05) is 0 Å². The molecule has 0 N–H and O–H groups in total. The Morgan fingerprint density at radius 3 is 2.60 bits per heavy atom. The molecule has 0 unspecified atom stereocenters. The van der Waals surface area contributed by atoms with E-state index in [0.29, 0.717) is 5.28 Å². The number of rotatable bonds is 1. The van der Waals surface area contributed by atoms with E-state index in [2.05, 4.69) is 26.1 Å². The minimum atomic E-state index is 0.374. The summed E-state index contributed by atoms with van der Waals surface area (Å²) in [7, 11) is 0. The molecule has 0 spiro atoms. The van der Waals surface area contributed by atoms with Gasteiger partial charge in [0.1, 0.15) is 5.82 Å². The van der Waals surface area contributed by atoms with E-state index < -0.39 is 0 Å². The molecule has 0 amide bonds. The van der Waals surface area contributed by atoms with E-state index in [4.69, 9.17) is 11.6 Å². The average molecular weight is 287 g/mol. The van der Waals surface area contributed by atoms with Gasteiger partial charge in [-0.05, 0) is 59.1 Å². The summed E-state index contributed by atoms with van der Waals surface area (Å²) < 4.78 is 2.77. The van der Waals surface area contributed by atoms with E-state index >= 15 is 0 Å². The molecule has 0 bridgehead atoms. The van der Waals surface area contributed by atoms with Gasteiger partial charge in [-0.2, -0.15) is 0 Å². The van der Waals surface area contributed by atoms with Crippen molar-refractivity contribution < 1.29 is 0 Å². The van der Waals surface area contributed by atoms with E-state index in [0.717, 1.165) is 21.5 Å². The molecule has 0 aliphatic carbocycles. The molecule has 2 aromatic rings. The molecule has 78 valence electrons. The van der Waals surface area contributed by atoms with Gasteiger partial charge in [0.25, 0.3) is 0 Å². The molecule has 0 aliphatic heterocycles. The predicted octanol–water partition coefficient (Wildman–Crippen LogP) is 3.30. The molecule has 0 atom stereocenters. The van der Waals surface area contributed by atoms with Crippen molar-refractivity contribution in [3.05, 3.63) is 39.3 Å². The fraction of sp³-hybridized carbons (Fsp3) is 0.200. The molecule has 1 heterocycles. The summed E-state index contributed by atoms with van der Waals surface area (Å²) in [5.74, 6) is 0.770. The summed E-state index contributed by atoms with van der Waals surface area (Å²) in [6.45, 7) is 3.90. The minimum absolute atomic E-state index is 0.374. The van der Waals surface area contributed by atoms with Crippen LogP contribution >= 0.6 is 27.5 Å². The largest absolute Gasteiger partial charge is 0.269 e. The van der Waals surface area contributed by atoms with Crippen molar-refractivity contribution >= 4 is 27.5 Å². The van der Waals surface area contributed by atoms with Crippen molar-refractivity contribution in [3.8, 4) is 5.69 Å². The number of aryl methyl sites for hydroxylation is 2. The zero-order valence-electron chi connectivity index (χ0n) is 8.33. The third-order valence-corrected chi connectivity index (χ3v) is 3.04. The quantitative estimate of drug-likeness (QED) is 0.805. The number of halogens is 2. The fourth-order valence-electron chi connectivity index (χ4n) is 1.40. The van der Waals surface area contributed by atoms with Gasteiger partial charge in [-0.25, -0.2) is 0 Å². The molecule has 1 aromatic heterocycles. The van der Waals surface area contributed by atoms with E-state index in [1.807, 2.05) is 32.0 Å². The Morgan fingerprint density at radius 2 is 2.00 bits per heavy atom. The zero-order valence-corrected chi connectivity index (χ0v) is 10.7. The monoisotopic (exact) mass is 285 g/mol. The van der Waals surface area contributed by atoms with E-state index in [1.165, 1.54) is 0 Å². The van der Waals surface area contributed by atoms with Gasteiger partial charge in [-0.3, -0.25) is 4.57 Å². The van der Waals surface area contributed by atoms with E-state index in [1.54, 1.807) is 4.57 Å². The van der Waals surface area contributed by atoms with Crippen LogP contribution in [0, 0.1) is 13.8 Å². The minimum Gasteiger partial charge on any atom is -0.269 e. The van der Waals surface area contributed by atoms with Crippen LogP contribution < -0.4 is 0 Å². The van der Waals surface area contributed by atoms with Crippen molar-refractivity contribution in [1.82, 2.24) is 14.8 Å². The van der Waals surface area contributed by atoms with Gasteiger partial charge in [-0.15, -0.1) is 10.2 Å². The lowest BCUT2D eigenvalue weighted by atomic mass is 10.2. The molecular formula is C10H9BrClN3. The summed E-state index contributed by atoms with van der Waals surface area (Å²) in [6.07, 6.45) is 0. The van der Waals surface area contributed by atoms with Gasteiger partial charge in [0.2, 0.25) is 5.28 Å². The maximum atomic E-state index is 5.97. The van der Waals surface area contributed by atoms with Crippen LogP contribution in [0.3, 0.4) is 0 Å². The number of benzene rings is 1. The average Bonchev–Trinajstić information content (AvgIpc) is 2.51. The van der Waals surface area contributed by atoms with Crippen LogP contribution in [0.15, 0.2) is 22.7 Å². The van der Waals surface area contributed by atoms with Crippen LogP contribution in [-0.2, 0) is 0 Å². The number of hydrogen-bond acceptors (Lipinski definition) is 2. The molecule has 0 radical (unpaired) electrons. The lowest BCUT2D eigenvalue weighted by molar-refractivity contribution is 0.963. The highest BCUT2D eigenvalue weighted by atomic mass is 79.9. The molecule has 0 fully saturated rings. The first-order valence-corrected chi connectivity index (χ1v) is 5.60. The molecule has 15 heavy (non-hydrogen) atoms. The topological polar surface area (TPSA) is 30.7 Å². The van der Waals surface area contributed by atoms with Gasteiger partial charge in [0.05, 0.1) is 5.69 Å². The predicted molar refractivity (Wildman–Crippen MR) is 63.5 cm³/mol. The molecule has 0 aliphatic rings. The van der Waals surface area contributed by atoms with Crippen LogP contribution in [0.25, 0.3) is 5.69 Å². The second-order valence-electron chi connectivity index (χ2n) is 3.31. The van der Waals surface area contributed by atoms with E-state index in [-0.39, 0.29) is 0 Å². The SMILES string of the molecule is Cc1ccc(Br)c(-n2c(C)nnc2Cl)c1. The second-order valence-corrected chi connectivity index (χ2v) is 4.50. The van der Waals surface area contributed by atoms with Crippen molar-refractivity contribution in [3.63, 3.8) is 0 Å². The van der Waals surface area contributed by atoms with Gasteiger partial charge in [0, 0.05) is 4.47 Å². The highest BCUT2D eigenvalue weighted by molar-refractivity contribution is 9.10. The van der Waals surface area contributed by atoms with Crippen LogP contribution in [0.1, 0.15) is 11.4 Å². The maximum Gasteiger partial charge on any atom is 0.229 e. The Morgan fingerprint density at radius 1 is 1.27 bits per heavy atom. The van der Waals surface area contributed by atoms with Gasteiger partial charge < -0.3 is 0 Å². The summed E-state index contributed by atoms with van der Waals surface area (Å²) in [4.78, 5) is 0. The third kappa shape index (κ3) is 1.92. The first-order valence-electron chi connectivity index (χ1n) is 4.43. The second kappa shape index (κ2) is 3.94. The number of aromatic nitrogens is 3. The zero-order chi connectivity index (χ0) is 11.0. The van der Waals surface area contributed by atoms with Gasteiger partial charge in [-0.1, -0.05) is 6.07 Å². The number of hydrogen-bond donors (Lipinski definition) is 0. The molecule has 0 saturated heterocycles. The van der Waals surface area contributed by atoms with Crippen molar-refractivity contribution in [2.24, 2.45) is 0 Å². The Kier molecular flexibility index (Phi) is 2.80. The molecule has 3 nitrogen and oxygen atoms in total. The summed E-state index contributed by atoms with van der Waals surface area (Å²) in [6, 6.07) is 6.05. The van der Waals surface area contributed by atoms with Crippen LogP contribution in [0.2, 0.25) is 5.28 Å². The molecule has 1 aromatic carbocycles. The Labute approximate surface area is 101 Å². The van der Waals surface area contributed by atoms with Crippen LogP contribution in [-0.4, -0.2) is 14.8 Å². The summed E-state index contributed by atoms with van der Waals surface area (Å²) in [5, 5.41) is 8.12. The maximum absolute atomic E-state index is 5.97. The summed E-state index contributed by atoms with van der Waals surface area (Å²) >= 11 is 9.46.